The van der Waals surface area contributed by atoms with E-state index in [0.717, 1.165) is 25.7 Å². The second-order valence-electron chi connectivity index (χ2n) is 5.57. The van der Waals surface area contributed by atoms with Crippen molar-refractivity contribution in [1.82, 2.24) is 0 Å². The number of rotatable bonds is 5. The normalized spacial score (nSPS) is 26.5. The summed E-state index contributed by atoms with van der Waals surface area (Å²) in [6.45, 7) is 9.02. The van der Waals surface area contributed by atoms with Crippen LogP contribution in [-0.4, -0.2) is 11.2 Å². The minimum Gasteiger partial charge on any atom is -0.393 e. The number of aliphatic hydroxyl groups is 1. The first-order valence-electron chi connectivity index (χ1n) is 6.33. The van der Waals surface area contributed by atoms with Crippen LogP contribution in [-0.2, 0) is 0 Å². The van der Waals surface area contributed by atoms with E-state index in [1.54, 1.807) is 0 Å². The Morgan fingerprint density at radius 3 is 2.67 bits per heavy atom. The molecule has 0 saturated carbocycles. The highest BCUT2D eigenvalue weighted by atomic mass is 16.3. The third-order valence-corrected chi connectivity index (χ3v) is 4.19. The van der Waals surface area contributed by atoms with Gasteiger partial charge in [0.1, 0.15) is 0 Å². The van der Waals surface area contributed by atoms with Gasteiger partial charge >= 0.3 is 0 Å². The minimum absolute atomic E-state index is 0.0893. The maximum atomic E-state index is 9.94. The summed E-state index contributed by atoms with van der Waals surface area (Å²) in [7, 11) is 0. The molecule has 0 saturated heterocycles. The van der Waals surface area contributed by atoms with Gasteiger partial charge in [-0.05, 0) is 37.5 Å². The summed E-state index contributed by atoms with van der Waals surface area (Å²) in [6.07, 6.45) is 7.69. The highest BCUT2D eigenvalue weighted by molar-refractivity contribution is 5.18. The Hall–Kier alpha value is -0.300. The molecule has 88 valence electrons. The summed E-state index contributed by atoms with van der Waals surface area (Å²) in [4.78, 5) is 0. The molecule has 0 bridgehead atoms. The molecule has 1 aliphatic carbocycles. The summed E-state index contributed by atoms with van der Waals surface area (Å²) in [6, 6.07) is 0. The zero-order chi connectivity index (χ0) is 11.5. The maximum absolute atomic E-state index is 9.94. The van der Waals surface area contributed by atoms with Crippen LogP contribution in [0.3, 0.4) is 0 Å². The van der Waals surface area contributed by atoms with E-state index in [1.165, 1.54) is 12.0 Å². The molecule has 0 heterocycles. The van der Waals surface area contributed by atoms with Gasteiger partial charge in [0.2, 0.25) is 0 Å². The highest BCUT2D eigenvalue weighted by Gasteiger charge is 2.35. The van der Waals surface area contributed by atoms with Crippen molar-refractivity contribution in [3.8, 4) is 0 Å². The van der Waals surface area contributed by atoms with Crippen molar-refractivity contribution in [2.75, 3.05) is 0 Å². The predicted octanol–water partition coefficient (Wildman–Crippen LogP) is 3.92. The van der Waals surface area contributed by atoms with E-state index in [-0.39, 0.29) is 6.10 Å². The van der Waals surface area contributed by atoms with Gasteiger partial charge in [-0.1, -0.05) is 45.3 Å². The Morgan fingerprint density at radius 1 is 1.53 bits per heavy atom. The van der Waals surface area contributed by atoms with Gasteiger partial charge in [-0.2, -0.15) is 0 Å². The van der Waals surface area contributed by atoms with Crippen molar-refractivity contribution >= 4 is 0 Å². The Morgan fingerprint density at radius 2 is 2.20 bits per heavy atom. The van der Waals surface area contributed by atoms with Gasteiger partial charge in [-0.15, -0.1) is 0 Å². The number of allylic oxidation sites excluding steroid dienone is 2. The van der Waals surface area contributed by atoms with Crippen LogP contribution < -0.4 is 0 Å². The van der Waals surface area contributed by atoms with Crippen molar-refractivity contribution in [3.63, 3.8) is 0 Å². The molecule has 1 heteroatoms. The third kappa shape index (κ3) is 3.07. The lowest BCUT2D eigenvalue weighted by atomic mass is 9.75. The van der Waals surface area contributed by atoms with Gasteiger partial charge in [0.25, 0.3) is 0 Å². The Labute approximate surface area is 94.6 Å². The van der Waals surface area contributed by atoms with Gasteiger partial charge in [-0.25, -0.2) is 0 Å². The molecule has 0 amide bonds. The molecule has 0 radical (unpaired) electrons. The molecule has 1 aliphatic rings. The average Bonchev–Trinajstić information content (AvgIpc) is 2.42. The second kappa shape index (κ2) is 5.16. The van der Waals surface area contributed by atoms with Gasteiger partial charge in [0, 0.05) is 0 Å². The summed E-state index contributed by atoms with van der Waals surface area (Å²) < 4.78 is 0. The fourth-order valence-electron chi connectivity index (χ4n) is 2.48. The van der Waals surface area contributed by atoms with Crippen LogP contribution in [0.4, 0.5) is 0 Å². The van der Waals surface area contributed by atoms with Crippen molar-refractivity contribution in [3.05, 3.63) is 11.6 Å². The van der Waals surface area contributed by atoms with E-state index < -0.39 is 0 Å². The first-order valence-corrected chi connectivity index (χ1v) is 6.33. The molecule has 2 unspecified atom stereocenters. The molecule has 0 aliphatic heterocycles. The van der Waals surface area contributed by atoms with E-state index in [9.17, 15) is 5.11 Å². The standard InChI is InChI=1S/C14H26O/c1-5-6-7-13(15)10-12-9-8-11(2)14(12,3)4/h8,12-13,15H,5-7,9-10H2,1-4H3. The topological polar surface area (TPSA) is 20.2 Å². The fraction of sp³-hybridized carbons (Fsp3) is 0.857. The molecule has 0 aromatic heterocycles. The number of hydrogen-bond acceptors (Lipinski definition) is 1. The van der Waals surface area contributed by atoms with Crippen LogP contribution in [0.5, 0.6) is 0 Å². The van der Waals surface area contributed by atoms with Crippen LogP contribution in [0.15, 0.2) is 11.6 Å². The van der Waals surface area contributed by atoms with E-state index in [1.807, 2.05) is 0 Å². The Balaban J connectivity index is 2.40. The van der Waals surface area contributed by atoms with E-state index in [0.29, 0.717) is 11.3 Å². The molecule has 0 spiro atoms. The molecule has 0 aromatic rings. The van der Waals surface area contributed by atoms with Crippen molar-refractivity contribution in [2.45, 2.75) is 65.9 Å². The Bertz CT molecular complexity index is 227. The quantitative estimate of drug-likeness (QED) is 0.682. The zero-order valence-corrected chi connectivity index (χ0v) is 10.7. The molecular formula is C14H26O. The average molecular weight is 210 g/mol. The van der Waals surface area contributed by atoms with Crippen LogP contribution in [0.25, 0.3) is 0 Å². The van der Waals surface area contributed by atoms with Crippen molar-refractivity contribution < 1.29 is 5.11 Å². The SMILES string of the molecule is CCCCC(O)CC1CC=C(C)C1(C)C. The van der Waals surface area contributed by atoms with Crippen LogP contribution in [0.2, 0.25) is 0 Å². The highest BCUT2D eigenvalue weighted by Crippen LogP contribution is 2.45. The van der Waals surface area contributed by atoms with Crippen LogP contribution in [0, 0.1) is 11.3 Å². The molecule has 0 fully saturated rings. The second-order valence-corrected chi connectivity index (χ2v) is 5.57. The summed E-state index contributed by atoms with van der Waals surface area (Å²) >= 11 is 0. The maximum Gasteiger partial charge on any atom is 0.0543 e. The van der Waals surface area contributed by atoms with Crippen LogP contribution >= 0.6 is 0 Å². The first-order chi connectivity index (χ1) is 6.98. The lowest BCUT2D eigenvalue weighted by Gasteiger charge is -2.31. The van der Waals surface area contributed by atoms with Crippen molar-refractivity contribution in [2.24, 2.45) is 11.3 Å². The first kappa shape index (κ1) is 12.8. The monoisotopic (exact) mass is 210 g/mol. The number of unbranched alkanes of at least 4 members (excludes halogenated alkanes) is 1. The lowest BCUT2D eigenvalue weighted by Crippen LogP contribution is -2.25. The van der Waals surface area contributed by atoms with Gasteiger partial charge in [-0.3, -0.25) is 0 Å². The molecule has 0 aromatic carbocycles. The van der Waals surface area contributed by atoms with Gasteiger partial charge < -0.3 is 5.11 Å². The summed E-state index contributed by atoms with van der Waals surface area (Å²) in [5.74, 6) is 0.643. The minimum atomic E-state index is -0.0893. The lowest BCUT2D eigenvalue weighted by molar-refractivity contribution is 0.106. The summed E-state index contributed by atoms with van der Waals surface area (Å²) in [5, 5.41) is 9.94. The third-order valence-electron chi connectivity index (χ3n) is 4.19. The Kier molecular flexibility index (Phi) is 4.39. The predicted molar refractivity (Wildman–Crippen MR) is 65.8 cm³/mol. The molecule has 1 N–H and O–H groups in total. The smallest absolute Gasteiger partial charge is 0.0543 e. The zero-order valence-electron chi connectivity index (χ0n) is 10.7. The molecule has 1 rings (SSSR count). The van der Waals surface area contributed by atoms with E-state index >= 15 is 0 Å². The molecule has 15 heavy (non-hydrogen) atoms. The number of hydrogen-bond donors (Lipinski definition) is 1. The molecule has 1 nitrogen and oxygen atoms in total. The fourth-order valence-corrected chi connectivity index (χ4v) is 2.48. The van der Waals surface area contributed by atoms with E-state index in [2.05, 4.69) is 33.8 Å². The van der Waals surface area contributed by atoms with Crippen LogP contribution in [0.1, 0.15) is 59.8 Å². The van der Waals surface area contributed by atoms with Gasteiger partial charge in [0.05, 0.1) is 6.10 Å². The number of aliphatic hydroxyl groups excluding tert-OH is 1. The molecular weight excluding hydrogens is 184 g/mol. The van der Waals surface area contributed by atoms with Gasteiger partial charge in [0.15, 0.2) is 0 Å². The van der Waals surface area contributed by atoms with E-state index in [4.69, 9.17) is 0 Å². The summed E-state index contributed by atoms with van der Waals surface area (Å²) in [5.41, 5.74) is 1.79. The largest absolute Gasteiger partial charge is 0.393 e. The molecule has 2 atom stereocenters. The van der Waals surface area contributed by atoms with Crippen molar-refractivity contribution in [1.29, 1.82) is 0 Å².